The Labute approximate surface area is 107 Å². The van der Waals surface area contributed by atoms with Crippen molar-refractivity contribution in [2.75, 3.05) is 18.0 Å². The van der Waals surface area contributed by atoms with Crippen LogP contribution in [0, 0.1) is 18.3 Å². The Morgan fingerprint density at radius 3 is 2.88 bits per heavy atom. The van der Waals surface area contributed by atoms with Gasteiger partial charge in [-0.05, 0) is 30.9 Å². The molecule has 0 atom stereocenters. The second-order valence-electron chi connectivity index (χ2n) is 4.32. The molecule has 88 valence electrons. The number of terminal acetylenes is 1. The van der Waals surface area contributed by atoms with E-state index in [1.165, 1.54) is 12.8 Å². The number of carbonyl (C=O) groups is 1. The molecule has 0 aromatic heterocycles. The van der Waals surface area contributed by atoms with Crippen molar-refractivity contribution in [3.8, 4) is 12.3 Å². The second kappa shape index (κ2) is 5.25. The molecule has 1 saturated carbocycles. The van der Waals surface area contributed by atoms with Gasteiger partial charge in [0, 0.05) is 12.1 Å². The van der Waals surface area contributed by atoms with Gasteiger partial charge in [0.25, 0.3) is 0 Å². The summed E-state index contributed by atoms with van der Waals surface area (Å²) in [6.45, 7) is 1.37. The molecule has 3 heteroatoms. The highest BCUT2D eigenvalue weighted by Gasteiger charge is 2.26. The van der Waals surface area contributed by atoms with Gasteiger partial charge in [0.05, 0.1) is 17.3 Å². The van der Waals surface area contributed by atoms with E-state index in [2.05, 4.69) is 5.92 Å². The Bertz CT molecular complexity index is 460. The molecule has 0 heterocycles. The number of carbonyl (C=O) groups excluding carboxylic acids is 1. The molecular formula is C14H14ClNO. The summed E-state index contributed by atoms with van der Waals surface area (Å²) in [4.78, 5) is 13.1. The highest BCUT2D eigenvalue weighted by molar-refractivity contribution is 6.33. The third kappa shape index (κ3) is 2.81. The first-order valence-corrected chi connectivity index (χ1v) is 6.06. The number of nitrogens with zero attached hydrogens (tertiary/aromatic N) is 1. The topological polar surface area (TPSA) is 20.3 Å². The van der Waals surface area contributed by atoms with E-state index in [9.17, 15) is 4.79 Å². The summed E-state index contributed by atoms with van der Waals surface area (Å²) in [6.07, 6.45) is 8.69. The number of hydrogen-bond acceptors (Lipinski definition) is 2. The molecule has 17 heavy (non-hydrogen) atoms. The zero-order valence-corrected chi connectivity index (χ0v) is 10.3. The number of rotatable bonds is 5. The van der Waals surface area contributed by atoms with Crippen LogP contribution in [0.1, 0.15) is 23.2 Å². The number of aldehydes is 1. The van der Waals surface area contributed by atoms with Crippen LogP contribution in [0.5, 0.6) is 0 Å². The van der Waals surface area contributed by atoms with Gasteiger partial charge in [-0.15, -0.1) is 6.42 Å². The fraction of sp³-hybridized carbons (Fsp3) is 0.357. The molecule has 2 nitrogen and oxygen atoms in total. The maximum Gasteiger partial charge on any atom is 0.152 e. The van der Waals surface area contributed by atoms with Crippen LogP contribution >= 0.6 is 11.6 Å². The molecular weight excluding hydrogens is 234 g/mol. The zero-order chi connectivity index (χ0) is 12.3. The van der Waals surface area contributed by atoms with Gasteiger partial charge >= 0.3 is 0 Å². The van der Waals surface area contributed by atoms with Gasteiger partial charge in [-0.3, -0.25) is 4.79 Å². The quantitative estimate of drug-likeness (QED) is 0.589. The zero-order valence-electron chi connectivity index (χ0n) is 9.53. The van der Waals surface area contributed by atoms with Crippen LogP contribution in [0.4, 0.5) is 5.69 Å². The predicted molar refractivity (Wildman–Crippen MR) is 70.6 cm³/mol. The van der Waals surface area contributed by atoms with Gasteiger partial charge < -0.3 is 4.90 Å². The summed E-state index contributed by atoms with van der Waals surface area (Å²) in [6, 6.07) is 5.34. The molecule has 0 amide bonds. The van der Waals surface area contributed by atoms with Gasteiger partial charge in [0.2, 0.25) is 0 Å². The standard InChI is InChI=1S/C14H14ClNO/c1-2-8-16(9-11-6-7-11)14-12(10-17)4-3-5-13(14)15/h1,3-5,10-11H,6-9H2. The van der Waals surface area contributed by atoms with E-state index in [4.69, 9.17) is 18.0 Å². The van der Waals surface area contributed by atoms with Crippen LogP contribution in [0.15, 0.2) is 18.2 Å². The molecule has 1 aliphatic carbocycles. The lowest BCUT2D eigenvalue weighted by Crippen LogP contribution is -2.27. The summed E-state index contributed by atoms with van der Waals surface area (Å²) >= 11 is 6.17. The molecule has 1 aromatic carbocycles. The largest absolute Gasteiger partial charge is 0.358 e. The van der Waals surface area contributed by atoms with E-state index in [1.54, 1.807) is 18.2 Å². The average molecular weight is 248 g/mol. The summed E-state index contributed by atoms with van der Waals surface area (Å²) in [5, 5.41) is 0.588. The molecule has 0 spiro atoms. The summed E-state index contributed by atoms with van der Waals surface area (Å²) in [7, 11) is 0. The van der Waals surface area contributed by atoms with Crippen molar-refractivity contribution in [3.63, 3.8) is 0 Å². The average Bonchev–Trinajstić information content (AvgIpc) is 3.12. The summed E-state index contributed by atoms with van der Waals surface area (Å²) < 4.78 is 0. The molecule has 0 radical (unpaired) electrons. The molecule has 1 aliphatic rings. The van der Waals surface area contributed by atoms with Gasteiger partial charge in [0.1, 0.15) is 0 Å². The third-order valence-corrected chi connectivity index (χ3v) is 3.22. The first-order valence-electron chi connectivity index (χ1n) is 5.68. The van der Waals surface area contributed by atoms with Crippen molar-refractivity contribution in [2.45, 2.75) is 12.8 Å². The first-order chi connectivity index (χ1) is 8.26. The van der Waals surface area contributed by atoms with E-state index in [1.807, 2.05) is 4.90 Å². The molecule has 0 N–H and O–H groups in total. The van der Waals surface area contributed by atoms with Crippen LogP contribution in [-0.2, 0) is 0 Å². The summed E-state index contributed by atoms with van der Waals surface area (Å²) in [5.74, 6) is 3.32. The monoisotopic (exact) mass is 247 g/mol. The number of hydrogen-bond donors (Lipinski definition) is 0. The van der Waals surface area contributed by atoms with E-state index in [-0.39, 0.29) is 0 Å². The number of halogens is 1. The van der Waals surface area contributed by atoms with E-state index < -0.39 is 0 Å². The predicted octanol–water partition coefficient (Wildman–Crippen LogP) is 3.00. The van der Waals surface area contributed by atoms with Gasteiger partial charge in [-0.2, -0.15) is 0 Å². The minimum absolute atomic E-state index is 0.487. The van der Waals surface area contributed by atoms with Gasteiger partial charge in [-0.1, -0.05) is 23.6 Å². The Morgan fingerprint density at radius 1 is 1.53 bits per heavy atom. The highest BCUT2D eigenvalue weighted by atomic mass is 35.5. The number of para-hydroxylation sites is 1. The highest BCUT2D eigenvalue weighted by Crippen LogP contribution is 2.35. The third-order valence-electron chi connectivity index (χ3n) is 2.92. The van der Waals surface area contributed by atoms with Crippen LogP contribution in [-0.4, -0.2) is 19.4 Å². The van der Waals surface area contributed by atoms with E-state index >= 15 is 0 Å². The lowest BCUT2D eigenvalue weighted by Gasteiger charge is -2.24. The van der Waals surface area contributed by atoms with Crippen LogP contribution in [0.2, 0.25) is 5.02 Å². The molecule has 2 rings (SSSR count). The maximum absolute atomic E-state index is 11.1. The molecule has 0 aliphatic heterocycles. The fourth-order valence-corrected chi connectivity index (χ4v) is 2.22. The lowest BCUT2D eigenvalue weighted by molar-refractivity contribution is 0.112. The fourth-order valence-electron chi connectivity index (χ4n) is 1.92. The molecule has 0 unspecified atom stereocenters. The minimum atomic E-state index is 0.487. The molecule has 0 bridgehead atoms. The van der Waals surface area contributed by atoms with Crippen molar-refractivity contribution in [3.05, 3.63) is 28.8 Å². The molecule has 1 fully saturated rings. The van der Waals surface area contributed by atoms with Crippen molar-refractivity contribution in [1.82, 2.24) is 0 Å². The van der Waals surface area contributed by atoms with Crippen LogP contribution in [0.3, 0.4) is 0 Å². The van der Waals surface area contributed by atoms with Crippen LogP contribution < -0.4 is 4.90 Å². The van der Waals surface area contributed by atoms with Gasteiger partial charge in [0.15, 0.2) is 6.29 Å². The smallest absolute Gasteiger partial charge is 0.152 e. The Kier molecular flexibility index (Phi) is 3.71. The van der Waals surface area contributed by atoms with Crippen LogP contribution in [0.25, 0.3) is 0 Å². The summed E-state index contributed by atoms with van der Waals surface area (Å²) in [5.41, 5.74) is 1.38. The van der Waals surface area contributed by atoms with Crippen molar-refractivity contribution < 1.29 is 4.79 Å². The van der Waals surface area contributed by atoms with E-state index in [0.29, 0.717) is 23.0 Å². The Balaban J connectivity index is 2.32. The number of anilines is 1. The normalized spacial score (nSPS) is 14.1. The SMILES string of the molecule is C#CCN(CC1CC1)c1c(Cl)cccc1C=O. The van der Waals surface area contributed by atoms with Gasteiger partial charge in [-0.25, -0.2) is 0 Å². The molecule has 0 saturated heterocycles. The minimum Gasteiger partial charge on any atom is -0.358 e. The van der Waals surface area contributed by atoms with Crippen molar-refractivity contribution in [1.29, 1.82) is 0 Å². The Hall–Kier alpha value is -1.46. The number of benzene rings is 1. The Morgan fingerprint density at radius 2 is 2.29 bits per heavy atom. The van der Waals surface area contributed by atoms with Crippen molar-refractivity contribution in [2.24, 2.45) is 5.92 Å². The van der Waals surface area contributed by atoms with E-state index in [0.717, 1.165) is 18.5 Å². The maximum atomic E-state index is 11.1. The van der Waals surface area contributed by atoms with Crippen molar-refractivity contribution >= 4 is 23.6 Å². The first kappa shape index (κ1) is 12.0. The lowest BCUT2D eigenvalue weighted by atomic mass is 10.1. The second-order valence-corrected chi connectivity index (χ2v) is 4.73. The molecule has 1 aromatic rings.